The number of benzene rings is 2. The van der Waals surface area contributed by atoms with E-state index in [1.165, 1.54) is 41.5 Å². The van der Waals surface area contributed by atoms with Crippen LogP contribution in [0.5, 0.6) is 5.75 Å². The van der Waals surface area contributed by atoms with Crippen LogP contribution in [0, 0.1) is 19.8 Å². The quantitative estimate of drug-likeness (QED) is 0.407. The van der Waals surface area contributed by atoms with Gasteiger partial charge in [0.2, 0.25) is 10.0 Å². The van der Waals surface area contributed by atoms with E-state index in [9.17, 15) is 13.2 Å². The Kier molecular flexibility index (Phi) is 9.50. The Morgan fingerprint density at radius 2 is 1.61 bits per heavy atom. The van der Waals surface area contributed by atoms with E-state index in [1.807, 2.05) is 0 Å². The highest BCUT2D eigenvalue weighted by molar-refractivity contribution is 7.89. The highest BCUT2D eigenvalue weighted by atomic mass is 32.2. The number of hydrogen-bond donors (Lipinski definition) is 0. The van der Waals surface area contributed by atoms with Gasteiger partial charge in [-0.25, -0.2) is 12.7 Å². The standard InChI is InChI=1S/C30H43N3O4S/c1-23-19-29(37-4)20-24(2)30(23)38(35,36)31(3)16-13-28(34)21-25-11-17-33(18-12-25)27-9-7-26(8-10-27)22-32-14-5-6-15-32/h7-10,19-20,25H,5-6,11-18,21-22H2,1-4H3. The number of carbonyl (C=O) groups excluding carboxylic acids is 1. The number of carbonyl (C=O) groups is 1. The Bertz CT molecular complexity index is 1180. The molecule has 2 aromatic carbocycles. The minimum atomic E-state index is -3.69. The molecule has 0 bridgehead atoms. The molecule has 8 heteroatoms. The van der Waals surface area contributed by atoms with Crippen LogP contribution in [0.15, 0.2) is 41.3 Å². The summed E-state index contributed by atoms with van der Waals surface area (Å²) in [6.45, 7) is 9.11. The van der Waals surface area contributed by atoms with Crippen LogP contribution < -0.4 is 9.64 Å². The lowest BCUT2D eigenvalue weighted by Gasteiger charge is -2.33. The predicted octanol–water partition coefficient (Wildman–Crippen LogP) is 4.79. The molecule has 0 saturated carbocycles. The summed E-state index contributed by atoms with van der Waals surface area (Å²) >= 11 is 0. The maximum atomic E-state index is 13.2. The lowest BCUT2D eigenvalue weighted by atomic mass is 9.90. The SMILES string of the molecule is COc1cc(C)c(S(=O)(=O)N(C)CCC(=O)CC2CCN(c3ccc(CN4CCCC4)cc3)CC2)c(C)c1. The molecule has 0 spiro atoms. The number of sulfonamides is 1. The lowest BCUT2D eigenvalue weighted by molar-refractivity contribution is -0.120. The first-order valence-corrected chi connectivity index (χ1v) is 15.3. The van der Waals surface area contributed by atoms with Gasteiger partial charge in [0.05, 0.1) is 12.0 Å². The fourth-order valence-electron chi connectivity index (χ4n) is 5.82. The normalized spacial score (nSPS) is 17.3. The number of piperidine rings is 1. The van der Waals surface area contributed by atoms with Crippen molar-refractivity contribution >= 4 is 21.5 Å². The summed E-state index contributed by atoms with van der Waals surface area (Å²) in [6.07, 6.45) is 5.36. The first-order valence-electron chi connectivity index (χ1n) is 13.9. The monoisotopic (exact) mass is 541 g/mol. The van der Waals surface area contributed by atoms with Crippen molar-refractivity contribution in [1.82, 2.24) is 9.21 Å². The zero-order valence-corrected chi connectivity index (χ0v) is 24.2. The predicted molar refractivity (Wildman–Crippen MR) is 152 cm³/mol. The van der Waals surface area contributed by atoms with E-state index < -0.39 is 10.0 Å². The topological polar surface area (TPSA) is 70.2 Å². The van der Waals surface area contributed by atoms with Crippen molar-refractivity contribution in [2.75, 3.05) is 51.8 Å². The summed E-state index contributed by atoms with van der Waals surface area (Å²) in [5, 5.41) is 0. The van der Waals surface area contributed by atoms with E-state index in [4.69, 9.17) is 4.74 Å². The van der Waals surface area contributed by atoms with Gasteiger partial charge in [-0.1, -0.05) is 12.1 Å². The molecule has 7 nitrogen and oxygen atoms in total. The van der Waals surface area contributed by atoms with E-state index in [2.05, 4.69) is 34.1 Å². The molecule has 0 amide bonds. The number of aryl methyl sites for hydroxylation is 2. The van der Waals surface area contributed by atoms with Crippen molar-refractivity contribution < 1.29 is 17.9 Å². The highest BCUT2D eigenvalue weighted by Gasteiger charge is 2.27. The maximum Gasteiger partial charge on any atom is 0.243 e. The van der Waals surface area contributed by atoms with Gasteiger partial charge >= 0.3 is 0 Å². The average Bonchev–Trinajstić information content (AvgIpc) is 3.40. The largest absolute Gasteiger partial charge is 0.497 e. The van der Waals surface area contributed by atoms with Gasteiger partial charge in [0.25, 0.3) is 0 Å². The zero-order chi connectivity index (χ0) is 27.3. The second-order valence-electron chi connectivity index (χ2n) is 11.0. The van der Waals surface area contributed by atoms with E-state index in [0.717, 1.165) is 32.5 Å². The van der Waals surface area contributed by atoms with Crippen molar-refractivity contribution in [1.29, 1.82) is 0 Å². The molecule has 0 unspecified atom stereocenters. The summed E-state index contributed by atoms with van der Waals surface area (Å²) in [5.41, 5.74) is 3.93. The summed E-state index contributed by atoms with van der Waals surface area (Å²) < 4.78 is 33.0. The van der Waals surface area contributed by atoms with Crippen molar-refractivity contribution in [3.05, 3.63) is 53.1 Å². The molecule has 2 aromatic rings. The maximum absolute atomic E-state index is 13.2. The minimum Gasteiger partial charge on any atom is -0.497 e. The molecule has 4 rings (SSSR count). The van der Waals surface area contributed by atoms with Crippen molar-refractivity contribution in [3.63, 3.8) is 0 Å². The Morgan fingerprint density at radius 1 is 1.00 bits per heavy atom. The van der Waals surface area contributed by atoms with Gasteiger partial charge in [0.1, 0.15) is 11.5 Å². The van der Waals surface area contributed by atoms with E-state index >= 15 is 0 Å². The van der Waals surface area contributed by atoms with Gasteiger partial charge in [-0.2, -0.15) is 0 Å². The lowest BCUT2D eigenvalue weighted by Crippen LogP contribution is -2.35. The number of rotatable bonds is 11. The van der Waals surface area contributed by atoms with Crippen LogP contribution in [-0.4, -0.2) is 70.3 Å². The molecule has 2 aliphatic rings. The van der Waals surface area contributed by atoms with Crippen molar-refractivity contribution in [2.24, 2.45) is 5.92 Å². The first kappa shape index (κ1) is 28.6. The molecule has 0 N–H and O–H groups in total. The molecule has 0 aromatic heterocycles. The molecule has 208 valence electrons. The summed E-state index contributed by atoms with van der Waals surface area (Å²) in [6, 6.07) is 12.4. The van der Waals surface area contributed by atoms with Crippen LogP contribution in [0.3, 0.4) is 0 Å². The van der Waals surface area contributed by atoms with Gasteiger partial charge in [-0.05, 0) is 99.5 Å². The molecular formula is C30H43N3O4S. The Balaban J connectivity index is 1.23. The van der Waals surface area contributed by atoms with E-state index in [0.29, 0.717) is 34.1 Å². The van der Waals surface area contributed by atoms with Gasteiger partial charge in [-0.15, -0.1) is 0 Å². The Hall–Kier alpha value is -2.42. The van der Waals surface area contributed by atoms with Gasteiger partial charge in [0, 0.05) is 51.8 Å². The number of likely N-dealkylation sites (tertiary alicyclic amines) is 1. The van der Waals surface area contributed by atoms with Gasteiger partial charge in [0.15, 0.2) is 0 Å². The number of nitrogens with zero attached hydrogens (tertiary/aromatic N) is 3. The number of ketones is 1. The number of methoxy groups -OCH3 is 1. The Labute approximate surface area is 228 Å². The number of ether oxygens (including phenoxy) is 1. The van der Waals surface area contributed by atoms with Crippen LogP contribution in [0.25, 0.3) is 0 Å². The first-order chi connectivity index (χ1) is 18.2. The molecule has 38 heavy (non-hydrogen) atoms. The van der Waals surface area contributed by atoms with Crippen LogP contribution in [0.1, 0.15) is 55.2 Å². The molecular weight excluding hydrogens is 498 g/mol. The van der Waals surface area contributed by atoms with Gasteiger partial charge in [-0.3, -0.25) is 9.69 Å². The van der Waals surface area contributed by atoms with Crippen molar-refractivity contribution in [3.8, 4) is 5.75 Å². The van der Waals surface area contributed by atoms with E-state index in [-0.39, 0.29) is 18.7 Å². The number of anilines is 1. The van der Waals surface area contributed by atoms with Crippen LogP contribution >= 0.6 is 0 Å². The third-order valence-corrected chi connectivity index (χ3v) is 10.2. The third kappa shape index (κ3) is 6.96. The molecule has 2 aliphatic heterocycles. The molecule has 0 radical (unpaired) electrons. The smallest absolute Gasteiger partial charge is 0.243 e. The molecule has 2 heterocycles. The van der Waals surface area contributed by atoms with Crippen LogP contribution in [0.2, 0.25) is 0 Å². The third-order valence-electron chi connectivity index (χ3n) is 8.08. The summed E-state index contributed by atoms with van der Waals surface area (Å²) in [7, 11) is -0.563. The molecule has 0 aliphatic carbocycles. The summed E-state index contributed by atoms with van der Waals surface area (Å²) in [4.78, 5) is 18.0. The fraction of sp³-hybridized carbons (Fsp3) is 0.567. The van der Waals surface area contributed by atoms with Gasteiger partial charge < -0.3 is 9.64 Å². The highest BCUT2D eigenvalue weighted by Crippen LogP contribution is 2.29. The van der Waals surface area contributed by atoms with Crippen LogP contribution in [-0.2, 0) is 21.4 Å². The number of Topliss-reactive ketones (excluding diaryl/α,β-unsaturated/α-hetero) is 1. The second-order valence-corrected chi connectivity index (χ2v) is 13.0. The molecule has 2 fully saturated rings. The summed E-state index contributed by atoms with van der Waals surface area (Å²) in [5.74, 6) is 1.14. The number of hydrogen-bond acceptors (Lipinski definition) is 6. The zero-order valence-electron chi connectivity index (χ0n) is 23.4. The fourth-order valence-corrected chi connectivity index (χ4v) is 7.40. The second kappa shape index (κ2) is 12.6. The van der Waals surface area contributed by atoms with Crippen LogP contribution in [0.4, 0.5) is 5.69 Å². The van der Waals surface area contributed by atoms with Crippen molar-refractivity contribution in [2.45, 2.75) is 63.8 Å². The average molecular weight is 542 g/mol. The molecule has 0 atom stereocenters. The minimum absolute atomic E-state index is 0.139. The Morgan fingerprint density at radius 3 is 2.18 bits per heavy atom. The van der Waals surface area contributed by atoms with E-state index in [1.54, 1.807) is 40.1 Å². The molecule has 2 saturated heterocycles.